The number of anilines is 1. The minimum Gasteiger partial charge on any atom is -0.481 e. The van der Waals surface area contributed by atoms with Crippen molar-refractivity contribution < 1.29 is 19.1 Å². The van der Waals surface area contributed by atoms with Gasteiger partial charge in [-0.25, -0.2) is 9.18 Å². The predicted octanol–water partition coefficient (Wildman–Crippen LogP) is 2.16. The zero-order valence-corrected chi connectivity index (χ0v) is 14.4. The Morgan fingerprint density at radius 3 is 2.68 bits per heavy atom. The van der Waals surface area contributed by atoms with Crippen molar-refractivity contribution in [2.75, 3.05) is 37.6 Å². The van der Waals surface area contributed by atoms with Gasteiger partial charge in [-0.2, -0.15) is 0 Å². The normalized spacial score (nSPS) is 26.1. The minimum absolute atomic E-state index is 0.190. The molecule has 25 heavy (non-hydrogen) atoms. The molecule has 2 unspecified atom stereocenters. The van der Waals surface area contributed by atoms with Crippen LogP contribution in [0, 0.1) is 17.2 Å². The van der Waals surface area contributed by atoms with Gasteiger partial charge in [0.15, 0.2) is 0 Å². The standard InChI is InChI=1S/C18H24FN3O3/c1-18(16(23)24)7-9-22(12-18)17(25)20-10-13-6-8-21(11-13)15-4-2-14(19)3-5-15/h2-5,13H,6-12H2,1H3,(H,20,25)(H,23,24). The summed E-state index contributed by atoms with van der Waals surface area (Å²) >= 11 is 0. The summed E-state index contributed by atoms with van der Waals surface area (Å²) in [5.41, 5.74) is 0.149. The molecule has 0 bridgehead atoms. The lowest BCUT2D eigenvalue weighted by molar-refractivity contribution is -0.147. The Hall–Kier alpha value is -2.31. The first-order valence-corrected chi connectivity index (χ1v) is 8.64. The Morgan fingerprint density at radius 2 is 2.04 bits per heavy atom. The van der Waals surface area contributed by atoms with Crippen LogP contribution >= 0.6 is 0 Å². The van der Waals surface area contributed by atoms with E-state index in [4.69, 9.17) is 0 Å². The maximum absolute atomic E-state index is 13.0. The Morgan fingerprint density at radius 1 is 1.32 bits per heavy atom. The Balaban J connectivity index is 1.46. The van der Waals surface area contributed by atoms with Crippen LogP contribution in [-0.2, 0) is 4.79 Å². The highest BCUT2D eigenvalue weighted by Crippen LogP contribution is 2.30. The second-order valence-corrected chi connectivity index (χ2v) is 7.30. The van der Waals surface area contributed by atoms with Crippen molar-refractivity contribution in [2.45, 2.75) is 19.8 Å². The number of carboxylic acid groups (broad SMARTS) is 1. The first-order valence-electron chi connectivity index (χ1n) is 8.64. The molecule has 2 aliphatic rings. The molecule has 2 heterocycles. The van der Waals surface area contributed by atoms with Crippen molar-refractivity contribution in [2.24, 2.45) is 11.3 Å². The number of halogens is 1. The average molecular weight is 349 g/mol. The third-order valence-corrected chi connectivity index (χ3v) is 5.30. The molecule has 1 aromatic carbocycles. The van der Waals surface area contributed by atoms with Crippen molar-refractivity contribution in [3.63, 3.8) is 0 Å². The second-order valence-electron chi connectivity index (χ2n) is 7.30. The molecule has 0 aliphatic carbocycles. The number of carbonyl (C=O) groups excluding carboxylic acids is 1. The van der Waals surface area contributed by atoms with Gasteiger partial charge in [-0.1, -0.05) is 0 Å². The summed E-state index contributed by atoms with van der Waals surface area (Å²) in [5, 5.41) is 12.2. The van der Waals surface area contributed by atoms with Crippen LogP contribution in [0.5, 0.6) is 0 Å². The summed E-state index contributed by atoms with van der Waals surface area (Å²) in [4.78, 5) is 27.3. The molecule has 2 atom stereocenters. The number of amides is 2. The van der Waals surface area contributed by atoms with E-state index in [1.54, 1.807) is 24.0 Å². The molecule has 0 saturated carbocycles. The zero-order valence-electron chi connectivity index (χ0n) is 14.4. The molecular weight excluding hydrogens is 325 g/mol. The first-order chi connectivity index (χ1) is 11.9. The lowest BCUT2D eigenvalue weighted by Crippen LogP contribution is -2.42. The largest absolute Gasteiger partial charge is 0.481 e. The summed E-state index contributed by atoms with van der Waals surface area (Å²) in [6.45, 7) is 4.67. The van der Waals surface area contributed by atoms with Crippen LogP contribution in [0.15, 0.2) is 24.3 Å². The fourth-order valence-electron chi connectivity index (χ4n) is 3.54. The third-order valence-electron chi connectivity index (χ3n) is 5.30. The van der Waals surface area contributed by atoms with Gasteiger partial charge in [0.1, 0.15) is 5.82 Å². The number of urea groups is 1. The fraction of sp³-hybridized carbons (Fsp3) is 0.556. The molecule has 2 saturated heterocycles. The van der Waals surface area contributed by atoms with Crippen molar-refractivity contribution in [3.8, 4) is 0 Å². The molecule has 3 rings (SSSR count). The smallest absolute Gasteiger partial charge is 0.317 e. The van der Waals surface area contributed by atoms with E-state index in [2.05, 4.69) is 10.2 Å². The number of benzene rings is 1. The number of aliphatic carboxylic acids is 1. The van der Waals surface area contributed by atoms with Gasteiger partial charge in [-0.3, -0.25) is 4.79 Å². The van der Waals surface area contributed by atoms with E-state index in [0.29, 0.717) is 25.4 Å². The third kappa shape index (κ3) is 3.86. The summed E-state index contributed by atoms with van der Waals surface area (Å²) in [7, 11) is 0. The van der Waals surface area contributed by atoms with Crippen LogP contribution in [-0.4, -0.2) is 54.7 Å². The molecule has 0 aromatic heterocycles. The summed E-state index contributed by atoms with van der Waals surface area (Å²) < 4.78 is 13.0. The van der Waals surface area contributed by atoms with Gasteiger partial charge in [0.25, 0.3) is 0 Å². The maximum Gasteiger partial charge on any atom is 0.317 e. The van der Waals surface area contributed by atoms with E-state index in [1.165, 1.54) is 12.1 Å². The summed E-state index contributed by atoms with van der Waals surface area (Å²) in [5.74, 6) is -0.762. The molecular formula is C18H24FN3O3. The van der Waals surface area contributed by atoms with E-state index in [0.717, 1.165) is 25.2 Å². The number of nitrogens with zero attached hydrogens (tertiary/aromatic N) is 2. The quantitative estimate of drug-likeness (QED) is 0.874. The van der Waals surface area contributed by atoms with E-state index >= 15 is 0 Å². The average Bonchev–Trinajstić information content (AvgIpc) is 3.21. The summed E-state index contributed by atoms with van der Waals surface area (Å²) in [6.07, 6.45) is 1.45. The van der Waals surface area contributed by atoms with Gasteiger partial charge in [0.05, 0.1) is 5.41 Å². The van der Waals surface area contributed by atoms with Gasteiger partial charge in [0, 0.05) is 38.4 Å². The first kappa shape index (κ1) is 17.5. The fourth-order valence-corrected chi connectivity index (χ4v) is 3.54. The van der Waals surface area contributed by atoms with E-state index < -0.39 is 11.4 Å². The lowest BCUT2D eigenvalue weighted by atomic mass is 9.90. The topological polar surface area (TPSA) is 72.9 Å². The molecule has 136 valence electrons. The number of hydrogen-bond acceptors (Lipinski definition) is 3. The van der Waals surface area contributed by atoms with Crippen LogP contribution in [0.4, 0.5) is 14.9 Å². The second kappa shape index (κ2) is 6.90. The van der Waals surface area contributed by atoms with E-state index in [-0.39, 0.29) is 18.4 Å². The Kier molecular flexibility index (Phi) is 4.83. The van der Waals surface area contributed by atoms with Crippen LogP contribution < -0.4 is 10.2 Å². The molecule has 7 heteroatoms. The van der Waals surface area contributed by atoms with Gasteiger partial charge in [-0.15, -0.1) is 0 Å². The molecule has 6 nitrogen and oxygen atoms in total. The highest BCUT2D eigenvalue weighted by Gasteiger charge is 2.42. The van der Waals surface area contributed by atoms with Gasteiger partial charge >= 0.3 is 12.0 Å². The van der Waals surface area contributed by atoms with Crippen LogP contribution in [0.1, 0.15) is 19.8 Å². The number of likely N-dealkylation sites (tertiary alicyclic amines) is 1. The van der Waals surface area contributed by atoms with Crippen LogP contribution in [0.3, 0.4) is 0 Å². The molecule has 2 amide bonds. The van der Waals surface area contributed by atoms with Crippen molar-refractivity contribution >= 4 is 17.7 Å². The van der Waals surface area contributed by atoms with Gasteiger partial charge in [-0.05, 0) is 49.9 Å². The lowest BCUT2D eigenvalue weighted by Gasteiger charge is -2.22. The number of nitrogens with one attached hydrogen (secondary N) is 1. The number of carbonyl (C=O) groups is 2. The molecule has 2 N–H and O–H groups in total. The summed E-state index contributed by atoms with van der Waals surface area (Å²) in [6, 6.07) is 6.26. The van der Waals surface area contributed by atoms with Crippen LogP contribution in [0.2, 0.25) is 0 Å². The highest BCUT2D eigenvalue weighted by atomic mass is 19.1. The van der Waals surface area contributed by atoms with Gasteiger partial charge in [0.2, 0.25) is 0 Å². The Labute approximate surface area is 146 Å². The number of rotatable bonds is 4. The van der Waals surface area contributed by atoms with E-state index in [1.807, 2.05) is 0 Å². The number of carboxylic acids is 1. The molecule has 1 aromatic rings. The predicted molar refractivity (Wildman–Crippen MR) is 92.1 cm³/mol. The van der Waals surface area contributed by atoms with Gasteiger partial charge < -0.3 is 20.2 Å². The minimum atomic E-state index is -0.853. The highest BCUT2D eigenvalue weighted by molar-refractivity contribution is 5.79. The Bertz CT molecular complexity index is 651. The molecule has 0 radical (unpaired) electrons. The molecule has 2 aliphatic heterocycles. The van der Waals surface area contributed by atoms with Crippen LogP contribution in [0.25, 0.3) is 0 Å². The van der Waals surface area contributed by atoms with Crippen molar-refractivity contribution in [1.29, 1.82) is 0 Å². The number of hydrogen-bond donors (Lipinski definition) is 2. The zero-order chi connectivity index (χ0) is 18.0. The SMILES string of the molecule is CC1(C(=O)O)CCN(C(=O)NCC2CCN(c3ccc(F)cc3)C2)C1. The molecule has 2 fully saturated rings. The van der Waals surface area contributed by atoms with Crippen molar-refractivity contribution in [1.82, 2.24) is 10.2 Å². The molecule has 0 spiro atoms. The monoisotopic (exact) mass is 349 g/mol. The van der Waals surface area contributed by atoms with Crippen molar-refractivity contribution in [3.05, 3.63) is 30.1 Å². The van der Waals surface area contributed by atoms with E-state index in [9.17, 15) is 19.1 Å². The maximum atomic E-state index is 13.0.